The average Bonchev–Trinajstić information content (AvgIpc) is 3.13. The molecule has 5 rings (SSSR count). The maximum absolute atomic E-state index is 2.43. The van der Waals surface area contributed by atoms with Crippen LogP contribution in [0.15, 0.2) is 91.0 Å². The number of nitrogens with zero attached hydrogens (tertiary/aromatic N) is 2. The molecule has 0 spiro atoms. The molecule has 0 aliphatic carbocycles. The third kappa shape index (κ3) is 4.96. The van der Waals surface area contributed by atoms with E-state index in [-0.39, 0.29) is 0 Å². The average molecular weight is 435 g/mol. The van der Waals surface area contributed by atoms with E-state index in [1.807, 2.05) is 0 Å². The molecule has 5 aromatic rings. The van der Waals surface area contributed by atoms with Crippen LogP contribution in [0.25, 0.3) is 21.8 Å². The third-order valence-corrected chi connectivity index (χ3v) is 6.30. The summed E-state index contributed by atoms with van der Waals surface area (Å²) in [6.45, 7) is 10.6. The van der Waals surface area contributed by atoms with E-state index in [1.54, 1.807) is 0 Å². The van der Waals surface area contributed by atoms with E-state index in [0.29, 0.717) is 0 Å². The van der Waals surface area contributed by atoms with E-state index >= 15 is 0 Å². The highest BCUT2D eigenvalue weighted by Gasteiger charge is 2.10. The van der Waals surface area contributed by atoms with Gasteiger partial charge in [0.1, 0.15) is 0 Å². The number of hydrogen-bond acceptors (Lipinski definition) is 1. The standard InChI is InChI=1S/C21H19N.C10H15N/c1-15-11-16(2)13-17(12-15)14-22-20-9-5-3-7-18(20)19-8-4-6-10-21(19)22;1-4-11(3)10-8-6-5-7-9(10)2/h3-13H,14H2,1-2H3;5-8H,4H2,1-3H3. The topological polar surface area (TPSA) is 8.17 Å². The molecule has 0 N–H and O–H groups in total. The molecule has 0 atom stereocenters. The summed E-state index contributed by atoms with van der Waals surface area (Å²) >= 11 is 0. The lowest BCUT2D eigenvalue weighted by atomic mass is 10.1. The third-order valence-electron chi connectivity index (χ3n) is 6.30. The minimum absolute atomic E-state index is 0.913. The number of aryl methyl sites for hydroxylation is 3. The SMILES string of the molecule is CCN(C)c1ccccc1C.Cc1cc(C)cc(Cn2c3ccccc3c3ccccc32)c1. The van der Waals surface area contributed by atoms with Crippen molar-refractivity contribution in [2.75, 3.05) is 18.5 Å². The normalized spacial score (nSPS) is 10.8. The van der Waals surface area contributed by atoms with Crippen LogP contribution < -0.4 is 4.90 Å². The van der Waals surface area contributed by atoms with Gasteiger partial charge in [0.25, 0.3) is 0 Å². The van der Waals surface area contributed by atoms with Gasteiger partial charge in [-0.2, -0.15) is 0 Å². The Bertz CT molecular complexity index is 1300. The Morgan fingerprint density at radius 1 is 0.667 bits per heavy atom. The van der Waals surface area contributed by atoms with Crippen LogP contribution in [0, 0.1) is 20.8 Å². The van der Waals surface area contributed by atoms with Gasteiger partial charge in [-0.1, -0.05) is 83.9 Å². The summed E-state index contributed by atoms with van der Waals surface area (Å²) in [5, 5.41) is 2.67. The van der Waals surface area contributed by atoms with E-state index in [1.165, 1.54) is 49.7 Å². The quantitative estimate of drug-likeness (QED) is 0.279. The van der Waals surface area contributed by atoms with Crippen LogP contribution in [0.5, 0.6) is 0 Å². The van der Waals surface area contributed by atoms with E-state index in [4.69, 9.17) is 0 Å². The minimum atomic E-state index is 0.913. The summed E-state index contributed by atoms with van der Waals surface area (Å²) in [5.41, 5.74) is 9.31. The molecule has 1 aromatic heterocycles. The maximum Gasteiger partial charge on any atom is 0.0494 e. The van der Waals surface area contributed by atoms with E-state index in [0.717, 1.165) is 13.1 Å². The second kappa shape index (κ2) is 9.95. The van der Waals surface area contributed by atoms with Gasteiger partial charge in [0.2, 0.25) is 0 Å². The molecule has 0 saturated heterocycles. The van der Waals surface area contributed by atoms with Crippen LogP contribution in [0.2, 0.25) is 0 Å². The van der Waals surface area contributed by atoms with Crippen molar-refractivity contribution in [3.63, 3.8) is 0 Å². The molecule has 2 heteroatoms. The van der Waals surface area contributed by atoms with Gasteiger partial charge in [0.05, 0.1) is 0 Å². The summed E-state index contributed by atoms with van der Waals surface area (Å²) in [7, 11) is 2.11. The number of aromatic nitrogens is 1. The highest BCUT2D eigenvalue weighted by molar-refractivity contribution is 6.08. The molecule has 33 heavy (non-hydrogen) atoms. The smallest absolute Gasteiger partial charge is 0.0494 e. The zero-order chi connectivity index (χ0) is 23.4. The fraction of sp³-hybridized carbons (Fsp3) is 0.226. The first-order chi connectivity index (χ1) is 16.0. The van der Waals surface area contributed by atoms with Crippen LogP contribution in [0.3, 0.4) is 0 Å². The second-order valence-electron chi connectivity index (χ2n) is 8.92. The van der Waals surface area contributed by atoms with Crippen LogP contribution in [-0.4, -0.2) is 18.2 Å². The first-order valence-corrected chi connectivity index (χ1v) is 11.8. The first-order valence-electron chi connectivity index (χ1n) is 11.8. The van der Waals surface area contributed by atoms with Gasteiger partial charge in [-0.3, -0.25) is 0 Å². The molecule has 0 bridgehead atoms. The summed E-state index contributed by atoms with van der Waals surface area (Å²) in [4.78, 5) is 2.25. The number of fused-ring (bicyclic) bond motifs is 3. The molecule has 2 nitrogen and oxygen atoms in total. The number of para-hydroxylation sites is 3. The molecule has 0 aliphatic heterocycles. The molecular formula is C31H34N2. The minimum Gasteiger partial charge on any atom is -0.375 e. The lowest BCUT2D eigenvalue weighted by Gasteiger charge is -2.18. The number of hydrogen-bond donors (Lipinski definition) is 0. The van der Waals surface area contributed by atoms with Crippen molar-refractivity contribution in [2.24, 2.45) is 0 Å². The van der Waals surface area contributed by atoms with Crippen molar-refractivity contribution in [1.82, 2.24) is 4.57 Å². The Hall–Kier alpha value is -3.52. The molecule has 0 amide bonds. The van der Waals surface area contributed by atoms with E-state index in [9.17, 15) is 0 Å². The van der Waals surface area contributed by atoms with E-state index in [2.05, 4.69) is 135 Å². The Labute approximate surface area is 198 Å². The molecular weight excluding hydrogens is 400 g/mol. The molecule has 0 saturated carbocycles. The number of anilines is 1. The maximum atomic E-state index is 2.43. The highest BCUT2D eigenvalue weighted by atomic mass is 15.1. The lowest BCUT2D eigenvalue weighted by Crippen LogP contribution is -2.16. The summed E-state index contributed by atoms with van der Waals surface area (Å²) in [6.07, 6.45) is 0. The summed E-state index contributed by atoms with van der Waals surface area (Å²) in [5.74, 6) is 0. The molecule has 0 fully saturated rings. The van der Waals surface area contributed by atoms with Crippen LogP contribution in [-0.2, 0) is 6.54 Å². The lowest BCUT2D eigenvalue weighted by molar-refractivity contribution is 0.866. The van der Waals surface area contributed by atoms with Gasteiger partial charge < -0.3 is 9.47 Å². The van der Waals surface area contributed by atoms with Crippen molar-refractivity contribution < 1.29 is 0 Å². The molecule has 168 valence electrons. The summed E-state index contributed by atoms with van der Waals surface area (Å²) < 4.78 is 2.43. The predicted molar refractivity (Wildman–Crippen MR) is 145 cm³/mol. The number of benzene rings is 4. The van der Waals surface area contributed by atoms with Crippen LogP contribution in [0.1, 0.15) is 29.2 Å². The van der Waals surface area contributed by atoms with Crippen LogP contribution in [0.4, 0.5) is 5.69 Å². The predicted octanol–water partition coefficient (Wildman–Crippen LogP) is 7.91. The van der Waals surface area contributed by atoms with Crippen molar-refractivity contribution in [3.05, 3.63) is 113 Å². The first kappa shape index (κ1) is 22.7. The molecule has 1 heterocycles. The Balaban J connectivity index is 0.000000200. The van der Waals surface area contributed by atoms with Gasteiger partial charge in [-0.05, 0) is 57.0 Å². The number of rotatable bonds is 4. The second-order valence-corrected chi connectivity index (χ2v) is 8.92. The van der Waals surface area contributed by atoms with E-state index < -0.39 is 0 Å². The van der Waals surface area contributed by atoms with Crippen molar-refractivity contribution >= 4 is 27.5 Å². The van der Waals surface area contributed by atoms with Gasteiger partial charge in [0, 0.05) is 47.6 Å². The molecule has 0 aliphatic rings. The Morgan fingerprint density at radius 2 is 1.18 bits per heavy atom. The van der Waals surface area contributed by atoms with Crippen molar-refractivity contribution in [2.45, 2.75) is 34.2 Å². The monoisotopic (exact) mass is 434 g/mol. The highest BCUT2D eigenvalue weighted by Crippen LogP contribution is 2.29. The molecule has 0 radical (unpaired) electrons. The zero-order valence-electron chi connectivity index (χ0n) is 20.5. The van der Waals surface area contributed by atoms with Crippen molar-refractivity contribution in [1.29, 1.82) is 0 Å². The Kier molecular flexibility index (Phi) is 6.84. The van der Waals surface area contributed by atoms with Gasteiger partial charge in [-0.15, -0.1) is 0 Å². The van der Waals surface area contributed by atoms with Gasteiger partial charge >= 0.3 is 0 Å². The fourth-order valence-electron chi connectivity index (χ4n) is 4.68. The Morgan fingerprint density at radius 3 is 1.73 bits per heavy atom. The molecule has 4 aromatic carbocycles. The van der Waals surface area contributed by atoms with Crippen molar-refractivity contribution in [3.8, 4) is 0 Å². The van der Waals surface area contributed by atoms with Gasteiger partial charge in [0.15, 0.2) is 0 Å². The summed E-state index contributed by atoms with van der Waals surface area (Å²) in [6, 6.07) is 32.6. The van der Waals surface area contributed by atoms with Crippen LogP contribution >= 0.6 is 0 Å². The zero-order valence-corrected chi connectivity index (χ0v) is 20.5. The molecule has 0 unspecified atom stereocenters. The van der Waals surface area contributed by atoms with Gasteiger partial charge in [-0.25, -0.2) is 0 Å². The largest absolute Gasteiger partial charge is 0.375 e. The fourth-order valence-corrected chi connectivity index (χ4v) is 4.68.